The molecule has 0 bridgehead atoms. The first-order valence-corrected chi connectivity index (χ1v) is 7.24. The SMILES string of the molecule is CC(C)OC(=O)CNS(=O)(=O)c1ccccc1C(=O)O. The van der Waals surface area contributed by atoms with Crippen LogP contribution in [0.2, 0.25) is 0 Å². The van der Waals surface area contributed by atoms with E-state index in [-0.39, 0.29) is 11.7 Å². The van der Waals surface area contributed by atoms with Crippen molar-refractivity contribution in [1.82, 2.24) is 4.72 Å². The van der Waals surface area contributed by atoms with Crippen LogP contribution in [-0.2, 0) is 19.6 Å². The molecular weight excluding hydrogens is 286 g/mol. The number of aromatic carboxylic acids is 1. The summed E-state index contributed by atoms with van der Waals surface area (Å²) in [5.41, 5.74) is -0.364. The highest BCUT2D eigenvalue weighted by molar-refractivity contribution is 7.89. The van der Waals surface area contributed by atoms with E-state index in [0.717, 1.165) is 6.07 Å². The molecule has 1 aromatic rings. The fraction of sp³-hybridized carbons (Fsp3) is 0.333. The normalized spacial score (nSPS) is 11.3. The van der Waals surface area contributed by atoms with Crippen molar-refractivity contribution in [2.45, 2.75) is 24.8 Å². The van der Waals surface area contributed by atoms with Crippen molar-refractivity contribution in [2.75, 3.05) is 6.54 Å². The second kappa shape index (κ2) is 6.49. The number of nitrogens with one attached hydrogen (secondary N) is 1. The van der Waals surface area contributed by atoms with Crippen LogP contribution in [0.5, 0.6) is 0 Å². The third kappa shape index (κ3) is 4.32. The van der Waals surface area contributed by atoms with Gasteiger partial charge in [-0.15, -0.1) is 0 Å². The van der Waals surface area contributed by atoms with E-state index < -0.39 is 33.4 Å². The van der Waals surface area contributed by atoms with E-state index in [4.69, 9.17) is 9.84 Å². The lowest BCUT2D eigenvalue weighted by Gasteiger charge is -2.10. The molecule has 2 N–H and O–H groups in total. The maximum Gasteiger partial charge on any atom is 0.337 e. The molecule has 0 unspecified atom stereocenters. The zero-order valence-electron chi connectivity index (χ0n) is 11.0. The molecule has 0 aliphatic rings. The lowest BCUT2D eigenvalue weighted by atomic mass is 10.2. The number of hydrogen-bond acceptors (Lipinski definition) is 5. The number of benzene rings is 1. The summed E-state index contributed by atoms with van der Waals surface area (Å²) in [5.74, 6) is -2.10. The topological polar surface area (TPSA) is 110 Å². The first kappa shape index (κ1) is 16.1. The average molecular weight is 301 g/mol. The smallest absolute Gasteiger partial charge is 0.337 e. The van der Waals surface area contributed by atoms with Crippen LogP contribution in [0, 0.1) is 0 Å². The zero-order chi connectivity index (χ0) is 15.3. The Hall–Kier alpha value is -1.93. The van der Waals surface area contributed by atoms with E-state index in [1.807, 2.05) is 4.72 Å². The third-order valence-electron chi connectivity index (χ3n) is 2.18. The van der Waals surface area contributed by atoms with Gasteiger partial charge >= 0.3 is 11.9 Å². The Morgan fingerprint density at radius 2 is 1.90 bits per heavy atom. The summed E-state index contributed by atoms with van der Waals surface area (Å²) < 4.78 is 30.7. The summed E-state index contributed by atoms with van der Waals surface area (Å²) in [5, 5.41) is 8.94. The average Bonchev–Trinajstić information content (AvgIpc) is 2.36. The van der Waals surface area contributed by atoms with Crippen molar-refractivity contribution in [3.63, 3.8) is 0 Å². The van der Waals surface area contributed by atoms with Gasteiger partial charge < -0.3 is 9.84 Å². The Balaban J connectivity index is 2.90. The monoisotopic (exact) mass is 301 g/mol. The van der Waals surface area contributed by atoms with Gasteiger partial charge in [-0.25, -0.2) is 13.2 Å². The quantitative estimate of drug-likeness (QED) is 0.745. The van der Waals surface area contributed by atoms with E-state index in [9.17, 15) is 18.0 Å². The van der Waals surface area contributed by atoms with Crippen LogP contribution in [0.25, 0.3) is 0 Å². The van der Waals surface area contributed by atoms with Crippen molar-refractivity contribution >= 4 is 22.0 Å². The van der Waals surface area contributed by atoms with Gasteiger partial charge in [0.25, 0.3) is 0 Å². The first-order chi connectivity index (χ1) is 9.24. The Kier molecular flexibility index (Phi) is 5.23. The maximum absolute atomic E-state index is 12.0. The number of carboxylic acids is 1. The molecule has 20 heavy (non-hydrogen) atoms. The molecule has 0 fully saturated rings. The standard InChI is InChI=1S/C12H15NO6S/c1-8(2)19-11(14)7-13-20(17,18)10-6-4-3-5-9(10)12(15)16/h3-6,8,13H,7H2,1-2H3,(H,15,16). The largest absolute Gasteiger partial charge is 0.478 e. The van der Waals surface area contributed by atoms with Crippen molar-refractivity contribution in [3.05, 3.63) is 29.8 Å². The lowest BCUT2D eigenvalue weighted by molar-refractivity contribution is -0.145. The molecule has 8 heteroatoms. The molecule has 0 heterocycles. The highest BCUT2D eigenvalue weighted by Crippen LogP contribution is 2.14. The van der Waals surface area contributed by atoms with Crippen LogP contribution in [0.15, 0.2) is 29.2 Å². The molecule has 0 saturated heterocycles. The number of carboxylic acid groups (broad SMARTS) is 1. The number of rotatable bonds is 6. The fourth-order valence-corrected chi connectivity index (χ4v) is 2.58. The summed E-state index contributed by atoms with van der Waals surface area (Å²) in [6, 6.07) is 5.13. The lowest BCUT2D eigenvalue weighted by Crippen LogP contribution is -2.32. The molecule has 0 spiro atoms. The summed E-state index contributed by atoms with van der Waals surface area (Å²) in [7, 11) is -4.10. The predicted molar refractivity (Wildman–Crippen MR) is 69.8 cm³/mol. The molecule has 0 atom stereocenters. The van der Waals surface area contributed by atoms with Crippen molar-refractivity contribution in [1.29, 1.82) is 0 Å². The van der Waals surface area contributed by atoms with Gasteiger partial charge in [-0.3, -0.25) is 4.79 Å². The molecule has 1 aromatic carbocycles. The van der Waals surface area contributed by atoms with Crippen LogP contribution in [0.3, 0.4) is 0 Å². The summed E-state index contributed by atoms with van der Waals surface area (Å²) in [6.07, 6.45) is -0.363. The minimum atomic E-state index is -4.10. The highest BCUT2D eigenvalue weighted by Gasteiger charge is 2.22. The molecule has 0 saturated carbocycles. The molecule has 0 aliphatic heterocycles. The molecule has 7 nitrogen and oxygen atoms in total. The first-order valence-electron chi connectivity index (χ1n) is 5.75. The Labute approximate surface area is 116 Å². The van der Waals surface area contributed by atoms with Crippen LogP contribution in [0.1, 0.15) is 24.2 Å². The van der Waals surface area contributed by atoms with Crippen LogP contribution in [-0.4, -0.2) is 38.1 Å². The van der Waals surface area contributed by atoms with Crippen molar-refractivity contribution in [2.24, 2.45) is 0 Å². The molecule has 1 rings (SSSR count). The van der Waals surface area contributed by atoms with Gasteiger partial charge in [0, 0.05) is 0 Å². The Morgan fingerprint density at radius 3 is 2.45 bits per heavy atom. The van der Waals surface area contributed by atoms with Gasteiger partial charge in [0.05, 0.1) is 16.6 Å². The highest BCUT2D eigenvalue weighted by atomic mass is 32.2. The Bertz CT molecular complexity index is 608. The van der Waals surface area contributed by atoms with Crippen LogP contribution in [0.4, 0.5) is 0 Å². The number of carbonyl (C=O) groups is 2. The van der Waals surface area contributed by atoms with Gasteiger partial charge in [0.2, 0.25) is 10.0 Å². The minimum absolute atomic E-state index is 0.363. The van der Waals surface area contributed by atoms with Crippen molar-refractivity contribution < 1.29 is 27.9 Å². The van der Waals surface area contributed by atoms with E-state index in [2.05, 4.69) is 0 Å². The molecule has 110 valence electrons. The number of sulfonamides is 1. The number of esters is 1. The second-order valence-corrected chi connectivity index (χ2v) is 5.90. The summed E-state index contributed by atoms with van der Waals surface area (Å²) in [4.78, 5) is 21.9. The summed E-state index contributed by atoms with van der Waals surface area (Å²) >= 11 is 0. The number of ether oxygens (including phenoxy) is 1. The zero-order valence-corrected chi connectivity index (χ0v) is 11.8. The second-order valence-electron chi connectivity index (χ2n) is 4.16. The van der Waals surface area contributed by atoms with Crippen LogP contribution < -0.4 is 4.72 Å². The summed E-state index contributed by atoms with van der Waals surface area (Å²) in [6.45, 7) is 2.70. The van der Waals surface area contributed by atoms with E-state index in [1.54, 1.807) is 13.8 Å². The van der Waals surface area contributed by atoms with E-state index in [1.165, 1.54) is 18.2 Å². The number of hydrogen-bond donors (Lipinski definition) is 2. The van der Waals surface area contributed by atoms with Gasteiger partial charge in [0.1, 0.15) is 6.54 Å². The molecular formula is C12H15NO6S. The molecule has 0 radical (unpaired) electrons. The number of carbonyl (C=O) groups excluding carboxylic acids is 1. The molecule has 0 aromatic heterocycles. The van der Waals surface area contributed by atoms with Gasteiger partial charge in [-0.2, -0.15) is 4.72 Å². The van der Waals surface area contributed by atoms with Crippen molar-refractivity contribution in [3.8, 4) is 0 Å². The predicted octanol–water partition coefficient (Wildman–Crippen LogP) is 0.615. The van der Waals surface area contributed by atoms with E-state index >= 15 is 0 Å². The third-order valence-corrected chi connectivity index (χ3v) is 3.64. The Morgan fingerprint density at radius 1 is 1.30 bits per heavy atom. The van der Waals surface area contributed by atoms with Gasteiger partial charge in [-0.05, 0) is 26.0 Å². The fourth-order valence-electron chi connectivity index (χ4n) is 1.41. The maximum atomic E-state index is 12.0. The molecule has 0 aliphatic carbocycles. The molecule has 0 amide bonds. The van der Waals surface area contributed by atoms with Gasteiger partial charge in [-0.1, -0.05) is 12.1 Å². The van der Waals surface area contributed by atoms with Crippen LogP contribution >= 0.6 is 0 Å². The van der Waals surface area contributed by atoms with E-state index in [0.29, 0.717) is 0 Å². The minimum Gasteiger partial charge on any atom is -0.478 e. The van der Waals surface area contributed by atoms with Gasteiger partial charge in [0.15, 0.2) is 0 Å².